The predicted molar refractivity (Wildman–Crippen MR) is 105 cm³/mol. The van der Waals surface area contributed by atoms with Crippen molar-refractivity contribution in [2.45, 2.75) is 44.9 Å². The Bertz CT molecular complexity index is 1010. The minimum absolute atomic E-state index is 0.0390. The number of amides is 1. The molecule has 2 heterocycles. The third-order valence-corrected chi connectivity index (χ3v) is 6.15. The summed E-state index contributed by atoms with van der Waals surface area (Å²) in [6, 6.07) is 4.43. The second-order valence-corrected chi connectivity index (χ2v) is 8.30. The Labute approximate surface area is 180 Å². The van der Waals surface area contributed by atoms with Crippen LogP contribution in [0, 0.1) is 17.2 Å². The molecule has 1 aliphatic carbocycles. The van der Waals surface area contributed by atoms with Crippen LogP contribution in [0.3, 0.4) is 0 Å². The minimum Gasteiger partial charge on any atom is -0.463 e. The van der Waals surface area contributed by atoms with E-state index in [0.717, 1.165) is 35.0 Å². The van der Waals surface area contributed by atoms with E-state index in [0.29, 0.717) is 24.3 Å². The molecule has 0 aromatic carbocycles. The molecule has 0 bridgehead atoms. The van der Waals surface area contributed by atoms with E-state index in [1.807, 2.05) is 13.0 Å². The van der Waals surface area contributed by atoms with E-state index >= 15 is 0 Å². The maximum atomic E-state index is 14.3. The number of anilines is 1. The zero-order chi connectivity index (χ0) is 22.8. The molecule has 1 aliphatic rings. The van der Waals surface area contributed by atoms with Crippen LogP contribution >= 0.6 is 11.3 Å². The van der Waals surface area contributed by atoms with Crippen LogP contribution in [-0.2, 0) is 22.4 Å². The van der Waals surface area contributed by atoms with Crippen LogP contribution in [0.2, 0.25) is 0 Å². The molecule has 0 spiro atoms. The maximum Gasteiger partial charge on any atom is 0.441 e. The molecular weight excluding hydrogens is 435 g/mol. The van der Waals surface area contributed by atoms with Crippen LogP contribution in [0.4, 0.5) is 18.2 Å². The van der Waals surface area contributed by atoms with E-state index in [-0.39, 0.29) is 17.2 Å². The zero-order valence-electron chi connectivity index (χ0n) is 16.8. The number of alkyl halides is 3. The van der Waals surface area contributed by atoms with Crippen LogP contribution in [0.25, 0.3) is 0 Å². The van der Waals surface area contributed by atoms with E-state index in [1.165, 1.54) is 13.0 Å². The lowest BCUT2D eigenvalue weighted by Gasteiger charge is -2.34. The number of carbonyl (C=O) groups is 2. The quantitative estimate of drug-likeness (QED) is 0.504. The average Bonchev–Trinajstić information content (AvgIpc) is 3.33. The molecule has 0 fully saturated rings. The van der Waals surface area contributed by atoms with E-state index < -0.39 is 29.5 Å². The van der Waals surface area contributed by atoms with Gasteiger partial charge >= 0.3 is 17.8 Å². The zero-order valence-corrected chi connectivity index (χ0v) is 17.6. The number of carbonyl (C=O) groups excluding carboxylic acids is 2. The molecule has 2 atom stereocenters. The van der Waals surface area contributed by atoms with Gasteiger partial charge in [-0.25, -0.2) is 4.79 Å². The Morgan fingerprint density at radius 3 is 2.74 bits per heavy atom. The Kier molecular flexibility index (Phi) is 6.31. The summed E-state index contributed by atoms with van der Waals surface area (Å²) in [4.78, 5) is 25.8. The summed E-state index contributed by atoms with van der Waals surface area (Å²) in [6.07, 6.45) is -2.21. The summed E-state index contributed by atoms with van der Waals surface area (Å²) in [5.74, 6) is -3.11. The molecular formula is C20H20F3N3O4S. The Hall–Kier alpha value is -3.00. The van der Waals surface area contributed by atoms with Gasteiger partial charge in [-0.1, -0.05) is 6.92 Å². The number of nitrogens with one attached hydrogen (secondary N) is 2. The molecule has 166 valence electrons. The van der Waals surface area contributed by atoms with Crippen LogP contribution in [0.1, 0.15) is 46.8 Å². The largest absolute Gasteiger partial charge is 0.463 e. The minimum atomic E-state index is -5.30. The van der Waals surface area contributed by atoms with Gasteiger partial charge in [-0.15, -0.1) is 11.3 Å². The number of halogens is 3. The van der Waals surface area contributed by atoms with Gasteiger partial charge in [-0.05, 0) is 49.8 Å². The van der Waals surface area contributed by atoms with Crippen LogP contribution in [-0.4, -0.2) is 30.3 Å². The first-order valence-corrected chi connectivity index (χ1v) is 10.4. The van der Waals surface area contributed by atoms with Crippen molar-refractivity contribution in [3.05, 3.63) is 40.2 Å². The number of hydrogen-bond donors (Lipinski definition) is 2. The Balaban J connectivity index is 2.09. The summed E-state index contributed by atoms with van der Waals surface area (Å²) in [7, 11) is 0. The van der Waals surface area contributed by atoms with E-state index in [2.05, 4.69) is 10.1 Å². The highest BCUT2D eigenvalue weighted by molar-refractivity contribution is 7.16. The fourth-order valence-corrected chi connectivity index (χ4v) is 4.81. The molecule has 0 unspecified atom stereocenters. The van der Waals surface area contributed by atoms with Crippen molar-refractivity contribution in [1.29, 1.82) is 5.26 Å². The molecule has 7 nitrogen and oxygen atoms in total. The van der Waals surface area contributed by atoms with Crippen LogP contribution < -0.4 is 10.6 Å². The first-order valence-electron chi connectivity index (χ1n) is 9.55. The number of thiophene rings is 1. The van der Waals surface area contributed by atoms with E-state index in [1.54, 1.807) is 5.32 Å². The fourth-order valence-electron chi connectivity index (χ4n) is 3.40. The third kappa shape index (κ3) is 4.25. The lowest BCUT2D eigenvalue weighted by atomic mass is 9.88. The smallest absolute Gasteiger partial charge is 0.441 e. The standard InChI is InChI=1S/C20H20F3N3O4S/c1-3-29-18(28)19(20(21,22)23,25-16(27)14-5-4-8-30-14)26-17-13(10-24)12-7-6-11(2)9-15(12)31-17/h4-5,8,11,26H,3,6-7,9H2,1-2H3,(H,25,27)/t11-,19-/m0/s1. The molecule has 2 N–H and O–H groups in total. The maximum absolute atomic E-state index is 14.3. The van der Waals surface area contributed by atoms with Gasteiger partial charge in [-0.2, -0.15) is 18.4 Å². The summed E-state index contributed by atoms with van der Waals surface area (Å²) < 4.78 is 52.5. The molecule has 31 heavy (non-hydrogen) atoms. The SMILES string of the molecule is CCOC(=O)[C@](NC(=O)c1ccco1)(Nc1sc2c(c1C#N)CC[C@H](C)C2)C(F)(F)F. The second kappa shape index (κ2) is 8.63. The van der Waals surface area contributed by atoms with E-state index in [4.69, 9.17) is 4.42 Å². The van der Waals surface area contributed by atoms with Gasteiger partial charge in [0, 0.05) is 4.88 Å². The van der Waals surface area contributed by atoms with Gasteiger partial charge < -0.3 is 19.8 Å². The van der Waals surface area contributed by atoms with Crippen LogP contribution in [0.5, 0.6) is 0 Å². The van der Waals surface area contributed by atoms with Crippen molar-refractivity contribution in [1.82, 2.24) is 5.32 Å². The van der Waals surface area contributed by atoms with Gasteiger partial charge in [0.2, 0.25) is 0 Å². The van der Waals surface area contributed by atoms with E-state index in [9.17, 15) is 28.0 Å². The topological polar surface area (TPSA) is 104 Å². The highest BCUT2D eigenvalue weighted by Gasteiger charge is 2.64. The van der Waals surface area contributed by atoms with Gasteiger partial charge in [-0.3, -0.25) is 4.79 Å². The van der Waals surface area contributed by atoms with Crippen molar-refractivity contribution in [2.24, 2.45) is 5.92 Å². The van der Waals surface area contributed by atoms with Crippen molar-refractivity contribution in [3.63, 3.8) is 0 Å². The average molecular weight is 455 g/mol. The number of hydrogen-bond acceptors (Lipinski definition) is 7. The van der Waals surface area contributed by atoms with Gasteiger partial charge in [0.25, 0.3) is 5.91 Å². The lowest BCUT2D eigenvalue weighted by Crippen LogP contribution is -2.69. The molecule has 2 aromatic heterocycles. The number of nitrogens with zero attached hydrogens (tertiary/aromatic N) is 1. The molecule has 0 saturated carbocycles. The first kappa shape index (κ1) is 22.7. The second-order valence-electron chi connectivity index (χ2n) is 7.19. The summed E-state index contributed by atoms with van der Waals surface area (Å²) in [5, 5.41) is 13.3. The Morgan fingerprint density at radius 2 is 2.16 bits per heavy atom. The number of fused-ring (bicyclic) bond motifs is 1. The molecule has 0 radical (unpaired) electrons. The molecule has 1 amide bonds. The highest BCUT2D eigenvalue weighted by Crippen LogP contribution is 2.42. The number of ether oxygens (including phenoxy) is 1. The molecule has 2 aromatic rings. The highest BCUT2D eigenvalue weighted by atomic mass is 32.1. The molecule has 3 rings (SSSR count). The summed E-state index contributed by atoms with van der Waals surface area (Å²) >= 11 is 0.977. The van der Waals surface area contributed by atoms with Gasteiger partial charge in [0.1, 0.15) is 11.1 Å². The van der Waals surface area contributed by atoms with Crippen molar-refractivity contribution >= 4 is 28.2 Å². The summed E-state index contributed by atoms with van der Waals surface area (Å²) in [6.45, 7) is 3.02. The monoisotopic (exact) mass is 455 g/mol. The lowest BCUT2D eigenvalue weighted by molar-refractivity contribution is -0.204. The normalized spacial score (nSPS) is 17.7. The third-order valence-electron chi connectivity index (χ3n) is 4.98. The molecule has 0 saturated heterocycles. The molecule has 11 heteroatoms. The Morgan fingerprint density at radius 1 is 1.42 bits per heavy atom. The van der Waals surface area contributed by atoms with Gasteiger partial charge in [0.05, 0.1) is 18.4 Å². The molecule has 0 aliphatic heterocycles. The number of nitriles is 1. The van der Waals surface area contributed by atoms with Crippen LogP contribution in [0.15, 0.2) is 22.8 Å². The summed E-state index contributed by atoms with van der Waals surface area (Å²) in [5.41, 5.74) is -2.90. The number of esters is 1. The predicted octanol–water partition coefficient (Wildman–Crippen LogP) is 4.00. The number of rotatable bonds is 6. The van der Waals surface area contributed by atoms with Crippen molar-refractivity contribution in [3.8, 4) is 6.07 Å². The number of furan rings is 1. The first-order chi connectivity index (χ1) is 14.6. The van der Waals surface area contributed by atoms with Crippen molar-refractivity contribution < 1.29 is 31.9 Å². The fraction of sp³-hybridized carbons (Fsp3) is 0.450. The van der Waals surface area contributed by atoms with Crippen molar-refractivity contribution in [2.75, 3.05) is 11.9 Å². The van der Waals surface area contributed by atoms with Gasteiger partial charge in [0.15, 0.2) is 5.76 Å².